The lowest BCUT2D eigenvalue weighted by atomic mass is 9.93. The number of nitrogens with one attached hydrogen (secondary N) is 4. The number of nitrogens with zero attached hydrogens (tertiary/aromatic N) is 2. The van der Waals surface area contributed by atoms with Crippen LogP contribution in [0.1, 0.15) is 41.2 Å². The first-order valence-corrected chi connectivity index (χ1v) is 14.2. The molecule has 3 aromatic rings. The van der Waals surface area contributed by atoms with Gasteiger partial charge in [-0.2, -0.15) is 5.26 Å². The van der Waals surface area contributed by atoms with Crippen molar-refractivity contribution in [3.05, 3.63) is 65.9 Å². The summed E-state index contributed by atoms with van der Waals surface area (Å²) in [6.45, 7) is 0.292. The van der Waals surface area contributed by atoms with Crippen LogP contribution in [0, 0.1) is 17.2 Å². The first-order chi connectivity index (χ1) is 20.8. The molecule has 12 heteroatoms. The van der Waals surface area contributed by atoms with E-state index in [0.717, 1.165) is 16.5 Å². The summed E-state index contributed by atoms with van der Waals surface area (Å²) in [5.41, 5.74) is 2.02. The van der Waals surface area contributed by atoms with Gasteiger partial charge in [-0.25, -0.2) is 0 Å². The molecule has 43 heavy (non-hydrogen) atoms. The summed E-state index contributed by atoms with van der Waals surface area (Å²) in [4.78, 5) is 56.2. The third-order valence-corrected chi connectivity index (χ3v) is 8.25. The number of carbonyl (C=O) groups excluding carboxylic acids is 3. The number of nitriles is 1. The highest BCUT2D eigenvalue weighted by Gasteiger charge is 2.42. The summed E-state index contributed by atoms with van der Waals surface area (Å²) in [7, 11) is 1.56. The lowest BCUT2D eigenvalue weighted by Crippen LogP contribution is -2.55. The Bertz CT molecular complexity index is 1550. The number of fused-ring (bicyclic) bond motifs is 1. The molecule has 2 unspecified atom stereocenters. The molecule has 2 aliphatic rings. The molecule has 224 valence electrons. The number of hydrogen-bond donors (Lipinski definition) is 5. The van der Waals surface area contributed by atoms with Gasteiger partial charge in [-0.15, -0.1) is 0 Å². The molecule has 2 fully saturated rings. The van der Waals surface area contributed by atoms with Gasteiger partial charge in [0.15, 0.2) is 0 Å². The Kier molecular flexibility index (Phi) is 8.92. The number of benzene rings is 2. The number of H-pyrrole nitrogens is 1. The van der Waals surface area contributed by atoms with Crippen LogP contribution in [-0.4, -0.2) is 83.6 Å². The predicted molar refractivity (Wildman–Crippen MR) is 156 cm³/mol. The molecule has 3 amide bonds. The van der Waals surface area contributed by atoms with E-state index >= 15 is 0 Å². The van der Waals surface area contributed by atoms with Crippen molar-refractivity contribution in [2.75, 3.05) is 26.7 Å². The molecule has 0 aliphatic carbocycles. The summed E-state index contributed by atoms with van der Waals surface area (Å²) >= 11 is 0. The molecule has 5 N–H and O–H groups in total. The summed E-state index contributed by atoms with van der Waals surface area (Å²) in [5, 5.41) is 28.1. The van der Waals surface area contributed by atoms with Crippen molar-refractivity contribution in [3.63, 3.8) is 0 Å². The number of amides is 3. The van der Waals surface area contributed by atoms with E-state index in [0.29, 0.717) is 37.4 Å². The van der Waals surface area contributed by atoms with Gasteiger partial charge in [0.1, 0.15) is 23.5 Å². The lowest BCUT2D eigenvalue weighted by molar-refractivity contribution is -0.136. The van der Waals surface area contributed by atoms with Gasteiger partial charge in [0.05, 0.1) is 25.8 Å². The molecule has 2 aromatic carbocycles. The fourth-order valence-electron chi connectivity index (χ4n) is 6.06. The molecule has 3 heterocycles. The van der Waals surface area contributed by atoms with Crippen LogP contribution in [0.15, 0.2) is 54.6 Å². The Morgan fingerprint density at radius 2 is 1.98 bits per heavy atom. The van der Waals surface area contributed by atoms with Gasteiger partial charge < -0.3 is 30.4 Å². The highest BCUT2D eigenvalue weighted by atomic mass is 16.5. The number of carboxylic acid groups (broad SMARTS) is 1. The third-order valence-electron chi connectivity index (χ3n) is 8.25. The lowest BCUT2D eigenvalue weighted by Gasteiger charge is -2.29. The first-order valence-electron chi connectivity index (χ1n) is 14.2. The number of methoxy groups -OCH3 is 1. The Labute approximate surface area is 248 Å². The largest absolute Gasteiger partial charge is 0.496 e. The van der Waals surface area contributed by atoms with Crippen LogP contribution in [-0.2, 0) is 14.4 Å². The molecule has 2 saturated heterocycles. The Morgan fingerprint density at radius 1 is 1.19 bits per heavy atom. The monoisotopic (exact) mass is 586 g/mol. The zero-order valence-electron chi connectivity index (χ0n) is 23.7. The zero-order chi connectivity index (χ0) is 30.5. The number of carboxylic acids is 1. The molecule has 0 radical (unpaired) electrons. The van der Waals surface area contributed by atoms with Crippen molar-refractivity contribution in [3.8, 4) is 11.8 Å². The van der Waals surface area contributed by atoms with Gasteiger partial charge in [-0.3, -0.25) is 24.5 Å². The molecule has 1 aromatic heterocycles. The fourth-order valence-corrected chi connectivity index (χ4v) is 6.06. The number of aromatic amines is 1. The zero-order valence-corrected chi connectivity index (χ0v) is 23.7. The molecule has 0 spiro atoms. The van der Waals surface area contributed by atoms with Crippen molar-refractivity contribution in [2.24, 2.45) is 5.92 Å². The second kappa shape index (κ2) is 13.0. The summed E-state index contributed by atoms with van der Waals surface area (Å²) < 4.78 is 5.45. The topological polar surface area (TPSA) is 177 Å². The average molecular weight is 587 g/mol. The predicted octanol–water partition coefficient (Wildman–Crippen LogP) is 1.75. The summed E-state index contributed by atoms with van der Waals surface area (Å²) in [5.74, 6) is -2.10. The maximum atomic E-state index is 14.0. The number of carbonyl (C=O) groups is 4. The van der Waals surface area contributed by atoms with E-state index in [2.05, 4.69) is 20.9 Å². The van der Waals surface area contributed by atoms with Crippen molar-refractivity contribution in [1.29, 1.82) is 5.26 Å². The van der Waals surface area contributed by atoms with Crippen molar-refractivity contribution in [1.82, 2.24) is 25.8 Å². The molecular formula is C31H34N6O6. The molecule has 0 bridgehead atoms. The van der Waals surface area contributed by atoms with E-state index in [1.54, 1.807) is 19.2 Å². The Morgan fingerprint density at radius 3 is 2.65 bits per heavy atom. The minimum absolute atomic E-state index is 0.115. The molecule has 2 aliphatic heterocycles. The highest BCUT2D eigenvalue weighted by molar-refractivity contribution is 6.02. The molecular weight excluding hydrogens is 552 g/mol. The maximum Gasteiger partial charge on any atom is 0.317 e. The Balaban J connectivity index is 1.43. The van der Waals surface area contributed by atoms with Crippen molar-refractivity contribution in [2.45, 2.75) is 43.3 Å². The van der Waals surface area contributed by atoms with E-state index in [4.69, 9.17) is 9.84 Å². The number of aliphatic carboxylic acids is 1. The summed E-state index contributed by atoms with van der Waals surface area (Å²) in [6, 6.07) is 16.1. The van der Waals surface area contributed by atoms with Crippen LogP contribution in [0.25, 0.3) is 10.9 Å². The van der Waals surface area contributed by atoms with E-state index in [1.165, 1.54) is 4.90 Å². The minimum Gasteiger partial charge on any atom is -0.496 e. The summed E-state index contributed by atoms with van der Waals surface area (Å²) in [6.07, 6.45) is 1.03. The standard InChI is InChI=1S/C31H34N6O6/c1-43-27-9-5-8-22-21(27)14-24(35-22)31(42)37-17-20(18-6-3-2-4-7-18)13-26(37)30(41)36-23(12-19-10-11-33-29(19)40)25(15-32)34-16-28(38)39/h2-9,14,19-20,23,25-26,34-35H,10-13,16-17H2,1H3,(H,33,40)(H,36,41)(H,38,39)/t19-,20+,23-,25?,26?/m0/s1. The third kappa shape index (κ3) is 6.47. The van der Waals surface area contributed by atoms with Crippen LogP contribution in [0.2, 0.25) is 0 Å². The van der Waals surface area contributed by atoms with Gasteiger partial charge in [-0.1, -0.05) is 36.4 Å². The van der Waals surface area contributed by atoms with Crippen LogP contribution >= 0.6 is 0 Å². The number of ether oxygens (including phenoxy) is 1. The first kappa shape index (κ1) is 29.6. The van der Waals surface area contributed by atoms with E-state index < -0.39 is 42.5 Å². The van der Waals surface area contributed by atoms with Crippen LogP contribution < -0.4 is 20.7 Å². The normalized spacial score (nSPS) is 21.2. The minimum atomic E-state index is -1.16. The van der Waals surface area contributed by atoms with Gasteiger partial charge in [0.2, 0.25) is 11.8 Å². The molecule has 12 nitrogen and oxygen atoms in total. The van der Waals surface area contributed by atoms with E-state index in [1.807, 2.05) is 48.5 Å². The van der Waals surface area contributed by atoms with Gasteiger partial charge in [-0.05, 0) is 43.0 Å². The number of aromatic nitrogens is 1. The van der Waals surface area contributed by atoms with Crippen LogP contribution in [0.3, 0.4) is 0 Å². The van der Waals surface area contributed by atoms with Crippen molar-refractivity contribution < 1.29 is 29.0 Å². The fraction of sp³-hybridized carbons (Fsp3) is 0.387. The Hall–Kier alpha value is -4.89. The molecule has 5 atom stereocenters. The van der Waals surface area contributed by atoms with Crippen LogP contribution in [0.5, 0.6) is 5.75 Å². The number of hydrogen-bond acceptors (Lipinski definition) is 7. The SMILES string of the molecule is COc1cccc2[nH]c(C(=O)N3C[C@H](c4ccccc4)CC3C(=O)N[C@@H](C[C@@H]3CCNC3=O)C(C#N)NCC(=O)O)cc12. The molecule has 5 rings (SSSR count). The maximum absolute atomic E-state index is 14.0. The second-order valence-electron chi connectivity index (χ2n) is 10.9. The quantitative estimate of drug-likeness (QED) is 0.226. The highest BCUT2D eigenvalue weighted by Crippen LogP contribution is 2.34. The van der Waals surface area contributed by atoms with Crippen LogP contribution in [0.4, 0.5) is 0 Å². The van der Waals surface area contributed by atoms with E-state index in [-0.39, 0.29) is 24.2 Å². The molecule has 0 saturated carbocycles. The second-order valence-corrected chi connectivity index (χ2v) is 10.9. The van der Waals surface area contributed by atoms with E-state index in [9.17, 15) is 24.4 Å². The smallest absolute Gasteiger partial charge is 0.317 e. The number of likely N-dealkylation sites (tertiary alicyclic amines) is 1. The van der Waals surface area contributed by atoms with Gasteiger partial charge in [0, 0.05) is 35.8 Å². The van der Waals surface area contributed by atoms with Gasteiger partial charge in [0.25, 0.3) is 5.91 Å². The van der Waals surface area contributed by atoms with Gasteiger partial charge >= 0.3 is 5.97 Å². The average Bonchev–Trinajstić information content (AvgIpc) is 3.75. The van der Waals surface area contributed by atoms with Crippen molar-refractivity contribution >= 4 is 34.6 Å². The number of rotatable bonds is 11.